The third-order valence-corrected chi connectivity index (χ3v) is 3.87. The molecule has 0 bridgehead atoms. The molecule has 2 N–H and O–H groups in total. The second-order valence-corrected chi connectivity index (χ2v) is 5.49. The van der Waals surface area contributed by atoms with Crippen LogP contribution >= 0.6 is 35.6 Å². The van der Waals surface area contributed by atoms with Crippen LogP contribution in [-0.4, -0.2) is 18.8 Å². The highest BCUT2D eigenvalue weighted by molar-refractivity contribution is 6.42. The first-order valence-corrected chi connectivity index (χ1v) is 7.32. The fourth-order valence-electron chi connectivity index (χ4n) is 1.97. The van der Waals surface area contributed by atoms with Gasteiger partial charge in [-0.1, -0.05) is 41.4 Å². The lowest BCUT2D eigenvalue weighted by atomic mass is 10.1. The number of aliphatic hydroxyl groups is 1. The Morgan fingerprint density at radius 1 is 1.14 bits per heavy atom. The van der Waals surface area contributed by atoms with E-state index in [0.717, 1.165) is 16.9 Å². The minimum atomic E-state index is -0.634. The van der Waals surface area contributed by atoms with Gasteiger partial charge in [0.05, 0.1) is 23.3 Å². The summed E-state index contributed by atoms with van der Waals surface area (Å²) in [5, 5.41) is 14.3. The van der Waals surface area contributed by atoms with E-state index in [1.165, 1.54) is 0 Å². The van der Waals surface area contributed by atoms with E-state index in [1.807, 2.05) is 24.3 Å². The molecule has 0 fully saturated rings. The van der Waals surface area contributed by atoms with E-state index in [1.54, 1.807) is 25.3 Å². The largest absolute Gasteiger partial charge is 0.497 e. The van der Waals surface area contributed by atoms with Gasteiger partial charge >= 0.3 is 0 Å². The van der Waals surface area contributed by atoms with E-state index < -0.39 is 6.10 Å². The van der Waals surface area contributed by atoms with Crippen molar-refractivity contribution in [3.05, 3.63) is 63.6 Å². The Balaban J connectivity index is 0.00000242. The summed E-state index contributed by atoms with van der Waals surface area (Å²) in [4.78, 5) is 0. The van der Waals surface area contributed by atoms with Gasteiger partial charge in [0.15, 0.2) is 0 Å². The zero-order valence-electron chi connectivity index (χ0n) is 12.1. The molecule has 22 heavy (non-hydrogen) atoms. The molecule has 0 aromatic heterocycles. The summed E-state index contributed by atoms with van der Waals surface area (Å²) in [6.07, 6.45) is -0.634. The highest BCUT2D eigenvalue weighted by Gasteiger charge is 2.09. The second-order valence-electron chi connectivity index (χ2n) is 4.67. The van der Waals surface area contributed by atoms with Gasteiger partial charge in [0.25, 0.3) is 0 Å². The number of rotatable bonds is 6. The van der Waals surface area contributed by atoms with Crippen LogP contribution in [0.1, 0.15) is 17.2 Å². The first kappa shape index (κ1) is 19.1. The summed E-state index contributed by atoms with van der Waals surface area (Å²) in [6.45, 7) is 1.07. The third kappa shape index (κ3) is 5.34. The van der Waals surface area contributed by atoms with Gasteiger partial charge in [-0.3, -0.25) is 0 Å². The first-order valence-electron chi connectivity index (χ1n) is 6.57. The Hall–Kier alpha value is -0.970. The molecule has 0 aliphatic rings. The molecule has 0 heterocycles. The van der Waals surface area contributed by atoms with Crippen LogP contribution in [0.5, 0.6) is 5.75 Å². The van der Waals surface area contributed by atoms with Crippen LogP contribution < -0.4 is 10.1 Å². The summed E-state index contributed by atoms with van der Waals surface area (Å²) >= 11 is 11.8. The molecule has 0 aliphatic heterocycles. The molecule has 2 aromatic rings. The zero-order chi connectivity index (χ0) is 15.2. The van der Waals surface area contributed by atoms with E-state index in [0.29, 0.717) is 23.1 Å². The quantitative estimate of drug-likeness (QED) is 0.807. The van der Waals surface area contributed by atoms with Crippen molar-refractivity contribution in [2.75, 3.05) is 13.7 Å². The molecule has 2 aromatic carbocycles. The van der Waals surface area contributed by atoms with Crippen LogP contribution in [0.4, 0.5) is 0 Å². The number of methoxy groups -OCH3 is 1. The third-order valence-electron chi connectivity index (χ3n) is 3.13. The number of benzene rings is 2. The molecule has 0 saturated heterocycles. The molecule has 120 valence electrons. The van der Waals surface area contributed by atoms with Gasteiger partial charge < -0.3 is 15.2 Å². The minimum Gasteiger partial charge on any atom is -0.497 e. The predicted octanol–water partition coefficient (Wildman–Crippen LogP) is 4.25. The van der Waals surface area contributed by atoms with E-state index in [4.69, 9.17) is 27.9 Å². The van der Waals surface area contributed by atoms with Crippen LogP contribution in [0.15, 0.2) is 42.5 Å². The van der Waals surface area contributed by atoms with Gasteiger partial charge in [-0.15, -0.1) is 12.4 Å². The number of ether oxygens (including phenoxy) is 1. The molecule has 6 heteroatoms. The first-order chi connectivity index (χ1) is 10.1. The fraction of sp³-hybridized carbons (Fsp3) is 0.250. The van der Waals surface area contributed by atoms with E-state index >= 15 is 0 Å². The SMILES string of the molecule is COc1cccc(CNCC(O)c2ccc(Cl)c(Cl)c2)c1.Cl. The molecule has 0 aliphatic carbocycles. The average Bonchev–Trinajstić information content (AvgIpc) is 2.50. The van der Waals surface area contributed by atoms with Gasteiger partial charge in [0.1, 0.15) is 5.75 Å². The minimum absolute atomic E-state index is 0. The Morgan fingerprint density at radius 2 is 1.91 bits per heavy atom. The molecule has 2 rings (SSSR count). The average molecular weight is 363 g/mol. The van der Waals surface area contributed by atoms with Crippen molar-refractivity contribution in [1.29, 1.82) is 0 Å². The lowest BCUT2D eigenvalue weighted by Crippen LogP contribution is -2.21. The predicted molar refractivity (Wildman–Crippen MR) is 93.4 cm³/mol. The maximum atomic E-state index is 10.1. The van der Waals surface area contributed by atoms with E-state index in [9.17, 15) is 5.11 Å². The smallest absolute Gasteiger partial charge is 0.119 e. The number of hydrogen-bond acceptors (Lipinski definition) is 3. The van der Waals surface area contributed by atoms with Crippen molar-refractivity contribution in [2.24, 2.45) is 0 Å². The number of nitrogens with one attached hydrogen (secondary N) is 1. The van der Waals surface area contributed by atoms with Crippen LogP contribution in [0.2, 0.25) is 10.0 Å². The van der Waals surface area contributed by atoms with Crippen LogP contribution in [0.25, 0.3) is 0 Å². The molecule has 0 spiro atoms. The highest BCUT2D eigenvalue weighted by atomic mass is 35.5. The topological polar surface area (TPSA) is 41.5 Å². The van der Waals surface area contributed by atoms with Crippen molar-refractivity contribution < 1.29 is 9.84 Å². The number of halogens is 3. The van der Waals surface area contributed by atoms with Crippen molar-refractivity contribution in [2.45, 2.75) is 12.6 Å². The maximum Gasteiger partial charge on any atom is 0.119 e. The van der Waals surface area contributed by atoms with Crippen molar-refractivity contribution in [1.82, 2.24) is 5.32 Å². The van der Waals surface area contributed by atoms with Crippen molar-refractivity contribution in [3.63, 3.8) is 0 Å². The second kappa shape index (κ2) is 9.23. The van der Waals surface area contributed by atoms with Crippen LogP contribution in [0.3, 0.4) is 0 Å². The molecule has 1 atom stereocenters. The standard InChI is InChI=1S/C16H17Cl2NO2.ClH/c1-21-13-4-2-3-11(7-13)9-19-10-16(20)12-5-6-14(17)15(18)8-12;/h2-8,16,19-20H,9-10H2,1H3;1H. The molecular formula is C16H18Cl3NO2. The Bertz CT molecular complexity index is 608. The maximum absolute atomic E-state index is 10.1. The highest BCUT2D eigenvalue weighted by Crippen LogP contribution is 2.25. The molecule has 0 saturated carbocycles. The summed E-state index contributed by atoms with van der Waals surface area (Å²) in [5.41, 5.74) is 1.83. The fourth-order valence-corrected chi connectivity index (χ4v) is 2.28. The van der Waals surface area contributed by atoms with Gasteiger partial charge in [-0.2, -0.15) is 0 Å². The number of hydrogen-bond donors (Lipinski definition) is 2. The van der Waals surface area contributed by atoms with E-state index in [-0.39, 0.29) is 12.4 Å². The number of aliphatic hydroxyl groups excluding tert-OH is 1. The van der Waals surface area contributed by atoms with Crippen LogP contribution in [0, 0.1) is 0 Å². The normalized spacial score (nSPS) is 11.6. The monoisotopic (exact) mass is 361 g/mol. The molecule has 0 amide bonds. The van der Waals surface area contributed by atoms with Gasteiger partial charge in [-0.25, -0.2) is 0 Å². The molecular weight excluding hydrogens is 345 g/mol. The zero-order valence-corrected chi connectivity index (χ0v) is 14.4. The molecule has 1 unspecified atom stereocenters. The lowest BCUT2D eigenvalue weighted by molar-refractivity contribution is 0.174. The van der Waals surface area contributed by atoms with Crippen LogP contribution in [-0.2, 0) is 6.54 Å². The Morgan fingerprint density at radius 3 is 2.59 bits per heavy atom. The Kier molecular flexibility index (Phi) is 8.01. The van der Waals surface area contributed by atoms with E-state index in [2.05, 4.69) is 5.32 Å². The Labute approximate surface area is 146 Å². The lowest BCUT2D eigenvalue weighted by Gasteiger charge is -2.13. The summed E-state index contributed by atoms with van der Waals surface area (Å²) in [6, 6.07) is 12.9. The summed E-state index contributed by atoms with van der Waals surface area (Å²) in [7, 11) is 1.64. The van der Waals surface area contributed by atoms with Crippen molar-refractivity contribution in [3.8, 4) is 5.75 Å². The summed E-state index contributed by atoms with van der Waals surface area (Å²) < 4.78 is 5.17. The van der Waals surface area contributed by atoms with Crippen molar-refractivity contribution >= 4 is 35.6 Å². The van der Waals surface area contributed by atoms with Gasteiger partial charge in [0.2, 0.25) is 0 Å². The molecule has 0 radical (unpaired) electrons. The van der Waals surface area contributed by atoms with Gasteiger partial charge in [0, 0.05) is 13.1 Å². The summed E-state index contributed by atoms with van der Waals surface area (Å²) in [5.74, 6) is 0.819. The molecule has 3 nitrogen and oxygen atoms in total. The van der Waals surface area contributed by atoms with Gasteiger partial charge in [-0.05, 0) is 35.4 Å².